The fraction of sp³-hybridized carbons (Fsp3) is 0.417. The van der Waals surface area contributed by atoms with E-state index in [2.05, 4.69) is 5.32 Å². The third-order valence-electron chi connectivity index (χ3n) is 2.85. The van der Waals surface area contributed by atoms with Gasteiger partial charge in [-0.1, -0.05) is 0 Å². The van der Waals surface area contributed by atoms with E-state index in [4.69, 9.17) is 11.0 Å². The second kappa shape index (κ2) is 4.50. The summed E-state index contributed by atoms with van der Waals surface area (Å²) in [6.45, 7) is 0.577. The fourth-order valence-corrected chi connectivity index (χ4v) is 1.65. The summed E-state index contributed by atoms with van der Waals surface area (Å²) in [6.07, 6.45) is 2.36. The summed E-state index contributed by atoms with van der Waals surface area (Å²) in [5.74, 6) is 0.191. The monoisotopic (exact) mass is 219 g/mol. The van der Waals surface area contributed by atoms with Crippen LogP contribution in [0.2, 0.25) is 0 Å². The quantitative estimate of drug-likeness (QED) is 0.812. The highest BCUT2D eigenvalue weighted by atomic mass is 19.1. The van der Waals surface area contributed by atoms with Crippen LogP contribution in [-0.4, -0.2) is 12.6 Å². The Morgan fingerprint density at radius 1 is 1.56 bits per heavy atom. The highest BCUT2D eigenvalue weighted by molar-refractivity contribution is 5.48. The van der Waals surface area contributed by atoms with Crippen molar-refractivity contribution in [3.05, 3.63) is 29.6 Å². The largest absolute Gasteiger partial charge is 0.381 e. The van der Waals surface area contributed by atoms with Gasteiger partial charge in [0.05, 0.1) is 17.3 Å². The van der Waals surface area contributed by atoms with Crippen LogP contribution < -0.4 is 11.1 Å². The molecule has 4 heteroatoms. The predicted octanol–water partition coefficient (Wildman–Crippen LogP) is 1.85. The van der Waals surface area contributed by atoms with Crippen LogP contribution in [0.15, 0.2) is 18.2 Å². The minimum atomic E-state index is -0.401. The van der Waals surface area contributed by atoms with E-state index in [0.717, 1.165) is 0 Å². The van der Waals surface area contributed by atoms with E-state index in [1.54, 1.807) is 12.1 Å². The molecule has 0 aliphatic heterocycles. The first kappa shape index (κ1) is 10.9. The molecule has 0 bridgehead atoms. The average molecular weight is 219 g/mol. The first-order valence-corrected chi connectivity index (χ1v) is 5.40. The molecule has 3 N–H and O–H groups in total. The Labute approximate surface area is 94.1 Å². The summed E-state index contributed by atoms with van der Waals surface area (Å²) < 4.78 is 13.4. The molecular weight excluding hydrogens is 205 g/mol. The summed E-state index contributed by atoms with van der Waals surface area (Å²) in [4.78, 5) is 0. The molecule has 1 unspecified atom stereocenters. The number of hydrogen-bond acceptors (Lipinski definition) is 3. The normalized spacial score (nSPS) is 16.6. The fourth-order valence-electron chi connectivity index (χ4n) is 1.65. The Kier molecular flexibility index (Phi) is 3.07. The van der Waals surface area contributed by atoms with Gasteiger partial charge >= 0.3 is 0 Å². The van der Waals surface area contributed by atoms with E-state index >= 15 is 0 Å². The minimum absolute atomic E-state index is 0.0926. The van der Waals surface area contributed by atoms with Crippen LogP contribution >= 0.6 is 0 Å². The third-order valence-corrected chi connectivity index (χ3v) is 2.85. The van der Waals surface area contributed by atoms with Gasteiger partial charge in [-0.25, -0.2) is 4.39 Å². The van der Waals surface area contributed by atoms with Crippen molar-refractivity contribution in [1.29, 1.82) is 5.26 Å². The lowest BCUT2D eigenvalue weighted by Crippen LogP contribution is -2.31. The Bertz CT molecular complexity index is 421. The van der Waals surface area contributed by atoms with Crippen LogP contribution in [0, 0.1) is 23.1 Å². The number of nitrogens with one attached hydrogen (secondary N) is 1. The summed E-state index contributed by atoms with van der Waals surface area (Å²) in [7, 11) is 0. The number of benzene rings is 1. The SMILES string of the molecule is N#Cc1ccc(NCC(N)C2CC2)c(F)c1. The maximum absolute atomic E-state index is 13.4. The summed E-state index contributed by atoms with van der Waals surface area (Å²) in [5.41, 5.74) is 6.64. The highest BCUT2D eigenvalue weighted by Crippen LogP contribution is 2.31. The Balaban J connectivity index is 1.96. The van der Waals surface area contributed by atoms with Crippen LogP contribution in [0.5, 0.6) is 0 Å². The number of nitrogens with two attached hydrogens (primary N) is 1. The smallest absolute Gasteiger partial charge is 0.147 e. The van der Waals surface area contributed by atoms with Gasteiger partial charge in [0.2, 0.25) is 0 Å². The molecule has 1 aliphatic carbocycles. The van der Waals surface area contributed by atoms with E-state index in [0.29, 0.717) is 23.7 Å². The first-order valence-electron chi connectivity index (χ1n) is 5.40. The van der Waals surface area contributed by atoms with Gasteiger partial charge in [-0.05, 0) is 37.0 Å². The summed E-state index contributed by atoms with van der Waals surface area (Å²) >= 11 is 0. The van der Waals surface area contributed by atoms with Gasteiger partial charge in [-0.15, -0.1) is 0 Å². The first-order chi connectivity index (χ1) is 7.70. The van der Waals surface area contributed by atoms with Crippen molar-refractivity contribution >= 4 is 5.69 Å². The van der Waals surface area contributed by atoms with Crippen molar-refractivity contribution in [1.82, 2.24) is 0 Å². The molecule has 0 aromatic heterocycles. The number of nitrogens with zero attached hydrogens (tertiary/aromatic N) is 1. The van der Waals surface area contributed by atoms with Crippen molar-refractivity contribution in [3.63, 3.8) is 0 Å². The van der Waals surface area contributed by atoms with Gasteiger partial charge in [-0.3, -0.25) is 0 Å². The lowest BCUT2D eigenvalue weighted by Gasteiger charge is -2.13. The molecule has 0 amide bonds. The number of anilines is 1. The van der Waals surface area contributed by atoms with E-state index in [1.165, 1.54) is 18.9 Å². The van der Waals surface area contributed by atoms with E-state index in [-0.39, 0.29) is 6.04 Å². The maximum atomic E-state index is 13.4. The molecule has 0 spiro atoms. The second-order valence-corrected chi connectivity index (χ2v) is 4.19. The van der Waals surface area contributed by atoms with Gasteiger partial charge in [0.25, 0.3) is 0 Å². The molecular formula is C12H14FN3. The highest BCUT2D eigenvalue weighted by Gasteiger charge is 2.28. The zero-order valence-corrected chi connectivity index (χ0v) is 8.91. The molecule has 1 aromatic carbocycles. The molecule has 0 saturated heterocycles. The Hall–Kier alpha value is -1.60. The van der Waals surface area contributed by atoms with Crippen molar-refractivity contribution in [3.8, 4) is 6.07 Å². The van der Waals surface area contributed by atoms with Gasteiger partial charge in [0.1, 0.15) is 5.82 Å². The summed E-state index contributed by atoms with van der Waals surface area (Å²) in [5, 5.41) is 11.6. The molecule has 1 aromatic rings. The number of rotatable bonds is 4. The zero-order valence-electron chi connectivity index (χ0n) is 8.91. The molecule has 3 nitrogen and oxygen atoms in total. The molecule has 1 saturated carbocycles. The number of nitriles is 1. The minimum Gasteiger partial charge on any atom is -0.381 e. The Morgan fingerprint density at radius 2 is 2.31 bits per heavy atom. The van der Waals surface area contributed by atoms with Crippen molar-refractivity contribution in [2.45, 2.75) is 18.9 Å². The van der Waals surface area contributed by atoms with Crippen LogP contribution in [0.1, 0.15) is 18.4 Å². The molecule has 1 fully saturated rings. The molecule has 0 heterocycles. The van der Waals surface area contributed by atoms with E-state index < -0.39 is 5.82 Å². The molecule has 1 aliphatic rings. The van der Waals surface area contributed by atoms with Crippen LogP contribution in [0.25, 0.3) is 0 Å². The summed E-state index contributed by atoms with van der Waals surface area (Å²) in [6, 6.07) is 6.38. The van der Waals surface area contributed by atoms with Gasteiger partial charge in [-0.2, -0.15) is 5.26 Å². The average Bonchev–Trinajstić information content (AvgIpc) is 3.10. The predicted molar refractivity (Wildman–Crippen MR) is 60.3 cm³/mol. The van der Waals surface area contributed by atoms with Gasteiger partial charge < -0.3 is 11.1 Å². The zero-order chi connectivity index (χ0) is 11.5. The lowest BCUT2D eigenvalue weighted by molar-refractivity contribution is 0.607. The Morgan fingerprint density at radius 3 is 2.88 bits per heavy atom. The van der Waals surface area contributed by atoms with Gasteiger partial charge in [0.15, 0.2) is 0 Å². The van der Waals surface area contributed by atoms with Gasteiger partial charge in [0, 0.05) is 12.6 Å². The van der Waals surface area contributed by atoms with Crippen LogP contribution in [0.4, 0.5) is 10.1 Å². The number of halogens is 1. The van der Waals surface area contributed by atoms with E-state index in [1.807, 2.05) is 6.07 Å². The van der Waals surface area contributed by atoms with Crippen LogP contribution in [0.3, 0.4) is 0 Å². The molecule has 0 radical (unpaired) electrons. The lowest BCUT2D eigenvalue weighted by atomic mass is 10.2. The van der Waals surface area contributed by atoms with Crippen molar-refractivity contribution in [2.75, 3.05) is 11.9 Å². The van der Waals surface area contributed by atoms with Crippen molar-refractivity contribution in [2.24, 2.45) is 11.7 Å². The maximum Gasteiger partial charge on any atom is 0.147 e. The van der Waals surface area contributed by atoms with E-state index in [9.17, 15) is 4.39 Å². The standard InChI is InChI=1S/C12H14FN3/c13-10-5-8(6-14)1-4-12(10)16-7-11(15)9-2-3-9/h1,4-5,9,11,16H,2-3,7,15H2. The number of hydrogen-bond donors (Lipinski definition) is 2. The molecule has 84 valence electrons. The second-order valence-electron chi connectivity index (χ2n) is 4.19. The third kappa shape index (κ3) is 2.50. The molecule has 2 rings (SSSR count). The topological polar surface area (TPSA) is 61.8 Å². The van der Waals surface area contributed by atoms with Crippen LogP contribution in [-0.2, 0) is 0 Å². The van der Waals surface area contributed by atoms with Crippen molar-refractivity contribution < 1.29 is 4.39 Å². The molecule has 16 heavy (non-hydrogen) atoms. The molecule has 1 atom stereocenters.